The van der Waals surface area contributed by atoms with Crippen LogP contribution in [0.2, 0.25) is 0 Å². The van der Waals surface area contributed by atoms with E-state index in [-0.39, 0.29) is 25.3 Å². The molecule has 206 valence electrons. The second kappa shape index (κ2) is 11.3. The fraction of sp³-hybridized carbons (Fsp3) is 0.567. The number of piperidine rings is 2. The van der Waals surface area contributed by atoms with Crippen molar-refractivity contribution in [3.63, 3.8) is 0 Å². The lowest BCUT2D eigenvalue weighted by molar-refractivity contribution is -0.256. The molecule has 2 saturated heterocycles. The quantitative estimate of drug-likeness (QED) is 0.494. The Morgan fingerprint density at radius 1 is 0.921 bits per heavy atom. The average Bonchev–Trinajstić information content (AvgIpc) is 2.89. The Morgan fingerprint density at radius 2 is 1.55 bits per heavy atom. The van der Waals surface area contributed by atoms with E-state index in [0.29, 0.717) is 50.7 Å². The second-order valence-corrected chi connectivity index (χ2v) is 11.3. The number of amides is 1. The van der Waals surface area contributed by atoms with E-state index in [1.165, 1.54) is 0 Å². The summed E-state index contributed by atoms with van der Waals surface area (Å²) in [5, 5.41) is 9.84. The molecule has 1 amide bonds. The molecule has 0 bridgehead atoms. The molecule has 3 fully saturated rings. The SMILES string of the molecule is O=C(c1ccc(-c2ccc(OCC3CCN(CC4(C(F)(F)F)CCC4)CC3)cc2)cc1)N1CCC[C@H](O)C1. The third-order valence-corrected chi connectivity index (χ3v) is 8.63. The van der Waals surface area contributed by atoms with E-state index in [1.54, 1.807) is 4.90 Å². The zero-order valence-electron chi connectivity index (χ0n) is 21.8. The number of halogens is 3. The first-order valence-corrected chi connectivity index (χ1v) is 13.8. The van der Waals surface area contributed by atoms with Gasteiger partial charge in [0, 0.05) is 25.2 Å². The van der Waals surface area contributed by atoms with Crippen LogP contribution in [0.5, 0.6) is 5.75 Å². The molecule has 8 heteroatoms. The molecule has 5 nitrogen and oxygen atoms in total. The van der Waals surface area contributed by atoms with Crippen molar-refractivity contribution in [1.29, 1.82) is 0 Å². The summed E-state index contributed by atoms with van der Waals surface area (Å²) >= 11 is 0. The van der Waals surface area contributed by atoms with E-state index < -0.39 is 17.7 Å². The normalized spacial score (nSPS) is 22.6. The van der Waals surface area contributed by atoms with Crippen molar-refractivity contribution >= 4 is 5.91 Å². The molecule has 0 spiro atoms. The van der Waals surface area contributed by atoms with Gasteiger partial charge in [0.2, 0.25) is 0 Å². The molecule has 5 rings (SSSR count). The van der Waals surface area contributed by atoms with Crippen LogP contribution in [-0.4, -0.2) is 72.4 Å². The number of carbonyl (C=O) groups excluding carboxylic acids is 1. The number of alkyl halides is 3. The van der Waals surface area contributed by atoms with Crippen LogP contribution in [0.25, 0.3) is 11.1 Å². The van der Waals surface area contributed by atoms with Crippen molar-refractivity contribution < 1.29 is 27.8 Å². The van der Waals surface area contributed by atoms with Crippen LogP contribution in [0.15, 0.2) is 48.5 Å². The van der Waals surface area contributed by atoms with Gasteiger partial charge in [0.25, 0.3) is 5.91 Å². The van der Waals surface area contributed by atoms with Gasteiger partial charge in [0.05, 0.1) is 18.1 Å². The van der Waals surface area contributed by atoms with Crippen LogP contribution in [0.4, 0.5) is 13.2 Å². The molecule has 1 atom stereocenters. The number of aliphatic hydroxyl groups excluding tert-OH is 1. The monoisotopic (exact) mass is 530 g/mol. The molecule has 1 N–H and O–H groups in total. The van der Waals surface area contributed by atoms with E-state index in [0.717, 1.165) is 42.6 Å². The van der Waals surface area contributed by atoms with Gasteiger partial charge in [-0.3, -0.25) is 4.79 Å². The van der Waals surface area contributed by atoms with Crippen LogP contribution in [-0.2, 0) is 0 Å². The predicted molar refractivity (Wildman–Crippen MR) is 140 cm³/mol. The smallest absolute Gasteiger partial charge is 0.395 e. The average molecular weight is 531 g/mol. The Bertz CT molecular complexity index is 1080. The Labute approximate surface area is 222 Å². The fourth-order valence-electron chi connectivity index (χ4n) is 5.96. The Morgan fingerprint density at radius 3 is 2.11 bits per heavy atom. The number of likely N-dealkylation sites (tertiary alicyclic amines) is 2. The number of hydrogen-bond acceptors (Lipinski definition) is 4. The highest BCUT2D eigenvalue weighted by molar-refractivity contribution is 5.94. The highest BCUT2D eigenvalue weighted by Gasteiger charge is 2.58. The Kier molecular flexibility index (Phi) is 8.00. The van der Waals surface area contributed by atoms with Crippen molar-refractivity contribution in [1.82, 2.24) is 9.80 Å². The van der Waals surface area contributed by atoms with Crippen LogP contribution in [0.3, 0.4) is 0 Å². The second-order valence-electron chi connectivity index (χ2n) is 11.3. The van der Waals surface area contributed by atoms with Crippen LogP contribution < -0.4 is 4.74 Å². The number of benzene rings is 2. The Hall–Kier alpha value is -2.58. The minimum absolute atomic E-state index is 0.0484. The summed E-state index contributed by atoms with van der Waals surface area (Å²) in [5.74, 6) is 1.07. The molecule has 3 aliphatic rings. The van der Waals surface area contributed by atoms with E-state index in [9.17, 15) is 23.1 Å². The van der Waals surface area contributed by atoms with Crippen molar-refractivity contribution in [3.05, 3.63) is 54.1 Å². The maximum atomic E-state index is 13.5. The number of carbonyl (C=O) groups is 1. The number of nitrogens with zero attached hydrogens (tertiary/aromatic N) is 2. The molecule has 1 aliphatic carbocycles. The van der Waals surface area contributed by atoms with Gasteiger partial charge >= 0.3 is 6.18 Å². The lowest BCUT2D eigenvalue weighted by Gasteiger charge is -2.47. The molecule has 2 aromatic rings. The molecule has 2 aromatic carbocycles. The summed E-state index contributed by atoms with van der Waals surface area (Å²) < 4.78 is 46.5. The minimum Gasteiger partial charge on any atom is -0.493 e. The van der Waals surface area contributed by atoms with Gasteiger partial charge in [-0.15, -0.1) is 0 Å². The summed E-state index contributed by atoms with van der Waals surface area (Å²) in [7, 11) is 0. The summed E-state index contributed by atoms with van der Waals surface area (Å²) in [5.41, 5.74) is 1.16. The lowest BCUT2D eigenvalue weighted by Crippen LogP contribution is -2.53. The van der Waals surface area contributed by atoms with Crippen molar-refractivity contribution in [3.8, 4) is 16.9 Å². The zero-order chi connectivity index (χ0) is 26.8. The molecular weight excluding hydrogens is 493 g/mol. The highest BCUT2D eigenvalue weighted by Crippen LogP contribution is 2.53. The molecule has 0 radical (unpaired) electrons. The molecule has 1 saturated carbocycles. The van der Waals surface area contributed by atoms with Crippen LogP contribution in [0.1, 0.15) is 55.3 Å². The zero-order valence-corrected chi connectivity index (χ0v) is 21.8. The first kappa shape index (κ1) is 27.0. The number of aliphatic hydroxyl groups is 1. The van der Waals surface area contributed by atoms with Gasteiger partial charge in [-0.05, 0) is 92.9 Å². The maximum Gasteiger partial charge on any atom is 0.395 e. The van der Waals surface area contributed by atoms with E-state index in [2.05, 4.69) is 0 Å². The van der Waals surface area contributed by atoms with E-state index in [1.807, 2.05) is 53.4 Å². The van der Waals surface area contributed by atoms with E-state index in [4.69, 9.17) is 4.74 Å². The minimum atomic E-state index is -4.10. The first-order valence-electron chi connectivity index (χ1n) is 13.8. The standard InChI is InChI=1S/C30H37F3N2O3/c31-30(32,33)29(14-2-15-29)21-34-17-12-22(13-18-34)20-38-27-10-8-24(9-11-27)23-4-6-25(7-5-23)28(37)35-16-1-3-26(36)19-35/h4-11,22,26,36H,1-3,12-21H2/t26-/m0/s1. The van der Waals surface area contributed by atoms with E-state index >= 15 is 0 Å². The summed E-state index contributed by atoms with van der Waals surface area (Å²) in [6.45, 7) is 3.17. The topological polar surface area (TPSA) is 53.0 Å². The molecule has 0 aromatic heterocycles. The number of hydrogen-bond donors (Lipinski definition) is 1. The van der Waals surface area contributed by atoms with Crippen LogP contribution >= 0.6 is 0 Å². The maximum absolute atomic E-state index is 13.5. The largest absolute Gasteiger partial charge is 0.493 e. The van der Waals surface area contributed by atoms with Gasteiger partial charge in [-0.2, -0.15) is 13.2 Å². The highest BCUT2D eigenvalue weighted by atomic mass is 19.4. The molecular formula is C30H37F3N2O3. The Balaban J connectivity index is 1.08. The molecule has 2 aliphatic heterocycles. The first-order chi connectivity index (χ1) is 18.2. The predicted octanol–water partition coefficient (Wildman–Crippen LogP) is 5.77. The summed E-state index contributed by atoms with van der Waals surface area (Å²) in [6.07, 6.45) is -0.0614. The molecule has 2 heterocycles. The van der Waals surface area contributed by atoms with Crippen LogP contribution in [0, 0.1) is 11.3 Å². The fourth-order valence-corrected chi connectivity index (χ4v) is 5.96. The number of rotatable bonds is 7. The third-order valence-electron chi connectivity index (χ3n) is 8.63. The summed E-state index contributed by atoms with van der Waals surface area (Å²) in [6, 6.07) is 15.4. The van der Waals surface area contributed by atoms with Gasteiger partial charge in [0.1, 0.15) is 5.75 Å². The molecule has 0 unspecified atom stereocenters. The molecule has 38 heavy (non-hydrogen) atoms. The third kappa shape index (κ3) is 6.01. The van der Waals surface area contributed by atoms with Crippen molar-refractivity contribution in [2.75, 3.05) is 39.3 Å². The van der Waals surface area contributed by atoms with Gasteiger partial charge < -0.3 is 19.6 Å². The van der Waals surface area contributed by atoms with Gasteiger partial charge in [0.15, 0.2) is 0 Å². The lowest BCUT2D eigenvalue weighted by atomic mass is 9.67. The summed E-state index contributed by atoms with van der Waals surface area (Å²) in [4.78, 5) is 16.4. The number of β-amino-alcohol motifs (C(OH)–C–C–N with tert-alkyl or cyclic N) is 1. The van der Waals surface area contributed by atoms with Crippen molar-refractivity contribution in [2.45, 2.75) is 57.2 Å². The van der Waals surface area contributed by atoms with Gasteiger partial charge in [-0.25, -0.2) is 0 Å². The number of ether oxygens (including phenoxy) is 1. The van der Waals surface area contributed by atoms with Gasteiger partial charge in [-0.1, -0.05) is 30.7 Å². The van der Waals surface area contributed by atoms with Crippen molar-refractivity contribution in [2.24, 2.45) is 11.3 Å².